The molecule has 8 heteroatoms. The minimum absolute atomic E-state index is 0.0673. The topological polar surface area (TPSA) is 87.4 Å². The molecule has 1 aliphatic carbocycles. The Kier molecular flexibility index (Phi) is 4.82. The maximum atomic E-state index is 14.8. The number of aryl methyl sites for hydroxylation is 1. The van der Waals surface area contributed by atoms with Gasteiger partial charge in [-0.15, -0.1) is 0 Å². The largest absolute Gasteiger partial charge is 0.465 e. The van der Waals surface area contributed by atoms with Crippen LogP contribution in [0.25, 0.3) is 0 Å². The van der Waals surface area contributed by atoms with Crippen LogP contribution in [-0.4, -0.2) is 33.3 Å². The van der Waals surface area contributed by atoms with Gasteiger partial charge in [0.05, 0.1) is 13.2 Å². The molecule has 0 bridgehead atoms. The van der Waals surface area contributed by atoms with Gasteiger partial charge in [0.15, 0.2) is 0 Å². The van der Waals surface area contributed by atoms with Crippen molar-refractivity contribution >= 4 is 11.9 Å². The van der Waals surface area contributed by atoms with Gasteiger partial charge in [-0.2, -0.15) is 4.57 Å². The molecule has 0 unspecified atom stereocenters. The predicted octanol–water partition coefficient (Wildman–Crippen LogP) is 1.30. The van der Waals surface area contributed by atoms with Crippen LogP contribution in [0.5, 0.6) is 0 Å². The van der Waals surface area contributed by atoms with E-state index in [0.29, 0.717) is 4.57 Å². The van der Waals surface area contributed by atoms with Crippen molar-refractivity contribution < 1.29 is 18.7 Å². The molecule has 0 saturated heterocycles. The van der Waals surface area contributed by atoms with Crippen molar-refractivity contribution in [2.24, 2.45) is 5.92 Å². The Bertz CT molecular complexity index is 1010. The molecular formula is C19H19FN2O5. The summed E-state index contributed by atoms with van der Waals surface area (Å²) in [4.78, 5) is 48.5. The van der Waals surface area contributed by atoms with Gasteiger partial charge in [0.1, 0.15) is 5.67 Å². The maximum Gasteiger partial charge on any atom is 0.338 e. The van der Waals surface area contributed by atoms with Crippen molar-refractivity contribution in [2.45, 2.75) is 32.5 Å². The molecule has 1 heterocycles. The Morgan fingerprint density at radius 3 is 2.56 bits per heavy atom. The Morgan fingerprint density at radius 1 is 1.26 bits per heavy atom. The number of carbonyl (C=O) groups is 2. The van der Waals surface area contributed by atoms with Crippen molar-refractivity contribution in [2.75, 3.05) is 6.61 Å². The summed E-state index contributed by atoms with van der Waals surface area (Å²) in [5.74, 6) is -1.78. The summed E-state index contributed by atoms with van der Waals surface area (Å²) in [6, 6.07) is 7.93. The maximum absolute atomic E-state index is 14.8. The van der Waals surface area contributed by atoms with Crippen LogP contribution in [0.2, 0.25) is 0 Å². The van der Waals surface area contributed by atoms with E-state index in [9.17, 15) is 23.6 Å². The number of halogens is 1. The first-order valence-corrected chi connectivity index (χ1v) is 8.48. The molecule has 1 saturated carbocycles. The van der Waals surface area contributed by atoms with Crippen molar-refractivity contribution in [3.8, 4) is 0 Å². The normalized spacial score (nSPS) is 20.9. The van der Waals surface area contributed by atoms with Crippen LogP contribution in [0.4, 0.5) is 4.39 Å². The van der Waals surface area contributed by atoms with Crippen molar-refractivity contribution in [3.63, 3.8) is 0 Å². The Hall–Kier alpha value is -3.03. The molecule has 0 aliphatic heterocycles. The fourth-order valence-corrected chi connectivity index (χ4v) is 2.99. The fraction of sp³-hybridized carbons (Fsp3) is 0.368. The van der Waals surface area contributed by atoms with Gasteiger partial charge in [-0.25, -0.2) is 9.18 Å². The van der Waals surface area contributed by atoms with E-state index in [1.807, 2.05) is 0 Å². The number of carbonyl (C=O) groups excluding carboxylic acids is 2. The minimum atomic E-state index is -1.72. The molecule has 1 aromatic carbocycles. The number of alkyl halides is 1. The molecule has 0 amide bonds. The number of esters is 1. The Morgan fingerprint density at radius 2 is 1.93 bits per heavy atom. The lowest BCUT2D eigenvalue weighted by Gasteiger charge is -2.14. The van der Waals surface area contributed by atoms with E-state index in [4.69, 9.17) is 4.74 Å². The number of nitrogens with zero attached hydrogens (tertiary/aromatic N) is 2. The van der Waals surface area contributed by atoms with E-state index < -0.39 is 34.7 Å². The first-order valence-electron chi connectivity index (χ1n) is 8.48. The molecule has 2 aromatic rings. The highest BCUT2D eigenvalue weighted by atomic mass is 19.1. The number of aromatic nitrogens is 2. The highest BCUT2D eigenvalue weighted by Crippen LogP contribution is 2.48. The van der Waals surface area contributed by atoms with Crippen LogP contribution in [0.15, 0.2) is 46.1 Å². The van der Waals surface area contributed by atoms with Gasteiger partial charge < -0.3 is 4.74 Å². The molecule has 0 N–H and O–H groups in total. The Labute approximate surface area is 154 Å². The molecule has 0 radical (unpaired) electrons. The molecule has 27 heavy (non-hydrogen) atoms. The predicted molar refractivity (Wildman–Crippen MR) is 94.4 cm³/mol. The Balaban J connectivity index is 1.92. The van der Waals surface area contributed by atoms with E-state index in [2.05, 4.69) is 0 Å². The second kappa shape index (κ2) is 6.94. The monoisotopic (exact) mass is 374 g/mol. The van der Waals surface area contributed by atoms with Gasteiger partial charge in [0.2, 0.25) is 0 Å². The van der Waals surface area contributed by atoms with Gasteiger partial charge in [0, 0.05) is 30.2 Å². The number of ether oxygens (including phenoxy) is 1. The second-order valence-electron chi connectivity index (χ2n) is 6.77. The van der Waals surface area contributed by atoms with Gasteiger partial charge in [0.25, 0.3) is 11.5 Å². The van der Waals surface area contributed by atoms with Crippen molar-refractivity contribution in [3.05, 3.63) is 68.5 Å². The summed E-state index contributed by atoms with van der Waals surface area (Å²) in [6.45, 7) is 2.31. The highest BCUT2D eigenvalue weighted by Gasteiger charge is 2.56. The lowest BCUT2D eigenvalue weighted by molar-refractivity contribution is -0.141. The van der Waals surface area contributed by atoms with E-state index in [-0.39, 0.29) is 30.7 Å². The summed E-state index contributed by atoms with van der Waals surface area (Å²) < 4.78 is 21.2. The zero-order chi connectivity index (χ0) is 19.8. The third kappa shape index (κ3) is 3.74. The summed E-state index contributed by atoms with van der Waals surface area (Å²) in [7, 11) is 0. The first-order chi connectivity index (χ1) is 12.7. The highest BCUT2D eigenvalue weighted by molar-refractivity contribution is 5.95. The molecule has 0 spiro atoms. The number of benzene rings is 1. The van der Waals surface area contributed by atoms with Gasteiger partial charge in [-0.3, -0.25) is 19.0 Å². The number of hydrogen-bond acceptors (Lipinski definition) is 5. The summed E-state index contributed by atoms with van der Waals surface area (Å²) in [6.07, 6.45) is 1.39. The molecule has 3 rings (SSSR count). The van der Waals surface area contributed by atoms with E-state index in [0.717, 1.165) is 4.57 Å². The molecule has 1 aliphatic rings. The molecule has 1 fully saturated rings. The number of rotatable bonds is 5. The van der Waals surface area contributed by atoms with Crippen molar-refractivity contribution in [1.82, 2.24) is 9.13 Å². The standard InChI is InChI=1S/C19H19FN2O5/c1-12-9-21(11-19(20)8-15(19)10-27-13(2)23)18(26)22(16(12)24)17(25)14-6-4-3-5-7-14/h3-7,9,15H,8,10-11H2,1-2H3/t15-,19-/m0/s1. The smallest absolute Gasteiger partial charge is 0.338 e. The lowest BCUT2D eigenvalue weighted by atomic mass is 10.2. The summed E-state index contributed by atoms with van der Waals surface area (Å²) in [5.41, 5.74) is -3.01. The third-order valence-electron chi connectivity index (χ3n) is 4.63. The molecule has 7 nitrogen and oxygen atoms in total. The van der Waals surface area contributed by atoms with Crippen LogP contribution in [0, 0.1) is 12.8 Å². The van der Waals surface area contributed by atoms with Crippen LogP contribution in [-0.2, 0) is 16.1 Å². The van der Waals surface area contributed by atoms with E-state index >= 15 is 0 Å². The molecule has 142 valence electrons. The average Bonchev–Trinajstić information content (AvgIpc) is 3.28. The fourth-order valence-electron chi connectivity index (χ4n) is 2.99. The lowest BCUT2D eigenvalue weighted by Crippen LogP contribution is -2.45. The van der Waals surface area contributed by atoms with Crippen LogP contribution >= 0.6 is 0 Å². The minimum Gasteiger partial charge on any atom is -0.465 e. The first kappa shape index (κ1) is 18.8. The SMILES string of the molecule is CC(=O)OC[C@@H]1C[C@]1(F)Cn1cc(C)c(=O)n(C(=O)c2ccccc2)c1=O. The average molecular weight is 374 g/mol. The van der Waals surface area contributed by atoms with E-state index in [1.54, 1.807) is 18.2 Å². The zero-order valence-corrected chi connectivity index (χ0v) is 15.0. The zero-order valence-electron chi connectivity index (χ0n) is 15.0. The van der Waals surface area contributed by atoms with Gasteiger partial charge in [-0.1, -0.05) is 18.2 Å². The summed E-state index contributed by atoms with van der Waals surface area (Å²) in [5, 5.41) is 0. The second-order valence-corrected chi connectivity index (χ2v) is 6.77. The van der Waals surface area contributed by atoms with E-state index in [1.165, 1.54) is 32.2 Å². The van der Waals surface area contributed by atoms with Crippen molar-refractivity contribution in [1.29, 1.82) is 0 Å². The van der Waals surface area contributed by atoms with Crippen LogP contribution in [0.3, 0.4) is 0 Å². The van der Waals surface area contributed by atoms with Gasteiger partial charge in [-0.05, 0) is 25.5 Å². The quantitative estimate of drug-likeness (QED) is 0.736. The summed E-state index contributed by atoms with van der Waals surface area (Å²) >= 11 is 0. The third-order valence-corrected chi connectivity index (χ3v) is 4.63. The molecule has 2 atom stereocenters. The van der Waals surface area contributed by atoms with Crippen LogP contribution < -0.4 is 11.2 Å². The molecular weight excluding hydrogens is 355 g/mol. The number of hydrogen-bond donors (Lipinski definition) is 0. The van der Waals surface area contributed by atoms with Crippen LogP contribution in [0.1, 0.15) is 29.3 Å². The molecule has 1 aromatic heterocycles. The van der Waals surface area contributed by atoms with Gasteiger partial charge >= 0.3 is 11.7 Å².